The minimum atomic E-state index is -0.469. The molecule has 9 heteroatoms. The first-order chi connectivity index (χ1) is 14.9. The summed E-state index contributed by atoms with van der Waals surface area (Å²) in [5, 5.41) is 6.69. The van der Waals surface area contributed by atoms with Gasteiger partial charge in [-0.25, -0.2) is 9.18 Å². The first-order valence-corrected chi connectivity index (χ1v) is 10.9. The standard InChI is InChI=1S/C22H23BrFN5O2/c1-14(2)21-26-20(27-31-21)15-3-6-17(7-4-15)28-9-11-29(12-10-28)22(30)25-19-8-5-16(23)13-18(19)24/h3-8,13-14H,9-12H2,1-2H3,(H,25,30). The second-order valence-corrected chi connectivity index (χ2v) is 8.60. The smallest absolute Gasteiger partial charge is 0.322 e. The molecule has 1 aromatic heterocycles. The molecule has 162 valence electrons. The zero-order chi connectivity index (χ0) is 22.0. The summed E-state index contributed by atoms with van der Waals surface area (Å²) in [6.45, 7) is 6.50. The normalized spacial score (nSPS) is 14.2. The van der Waals surface area contributed by atoms with E-state index in [0.29, 0.717) is 42.4 Å². The maximum absolute atomic E-state index is 14.0. The fourth-order valence-electron chi connectivity index (χ4n) is 3.36. The van der Waals surface area contributed by atoms with Gasteiger partial charge in [0.05, 0.1) is 5.69 Å². The number of anilines is 2. The van der Waals surface area contributed by atoms with Gasteiger partial charge in [-0.3, -0.25) is 0 Å². The molecular weight excluding hydrogens is 465 g/mol. The number of urea groups is 1. The number of hydrogen-bond acceptors (Lipinski definition) is 5. The van der Waals surface area contributed by atoms with Crippen LogP contribution in [0.15, 0.2) is 51.5 Å². The molecule has 0 unspecified atom stereocenters. The summed E-state index contributed by atoms with van der Waals surface area (Å²) >= 11 is 3.21. The molecule has 1 aliphatic rings. The van der Waals surface area contributed by atoms with Gasteiger partial charge in [-0.15, -0.1) is 0 Å². The molecule has 1 saturated heterocycles. The maximum atomic E-state index is 14.0. The second-order valence-electron chi connectivity index (χ2n) is 7.69. The zero-order valence-corrected chi connectivity index (χ0v) is 18.9. The monoisotopic (exact) mass is 487 g/mol. The summed E-state index contributed by atoms with van der Waals surface area (Å²) in [5.74, 6) is 0.922. The lowest BCUT2D eigenvalue weighted by Crippen LogP contribution is -2.50. The Hall–Kier alpha value is -2.94. The Morgan fingerprint density at radius 2 is 1.84 bits per heavy atom. The van der Waals surface area contributed by atoms with Crippen LogP contribution in [0.2, 0.25) is 0 Å². The molecule has 4 rings (SSSR count). The first-order valence-electron chi connectivity index (χ1n) is 10.1. The van der Waals surface area contributed by atoms with Crippen LogP contribution in [0.5, 0.6) is 0 Å². The molecule has 31 heavy (non-hydrogen) atoms. The van der Waals surface area contributed by atoms with Gasteiger partial charge in [0.2, 0.25) is 11.7 Å². The molecule has 0 saturated carbocycles. The molecule has 0 atom stereocenters. The summed E-state index contributed by atoms with van der Waals surface area (Å²) in [5.41, 5.74) is 2.14. The fourth-order valence-corrected chi connectivity index (χ4v) is 3.69. The molecule has 0 spiro atoms. The predicted octanol–water partition coefficient (Wildman–Crippen LogP) is 5.12. The van der Waals surface area contributed by atoms with E-state index in [9.17, 15) is 9.18 Å². The van der Waals surface area contributed by atoms with Gasteiger partial charge < -0.3 is 19.6 Å². The van der Waals surface area contributed by atoms with E-state index in [0.717, 1.165) is 11.3 Å². The van der Waals surface area contributed by atoms with Gasteiger partial charge in [-0.1, -0.05) is 34.9 Å². The molecular formula is C22H23BrFN5O2. The van der Waals surface area contributed by atoms with Crippen LogP contribution in [0.3, 0.4) is 0 Å². The van der Waals surface area contributed by atoms with Crippen LogP contribution in [0, 0.1) is 5.82 Å². The number of halogens is 2. The van der Waals surface area contributed by atoms with Gasteiger partial charge in [-0.05, 0) is 42.5 Å². The Labute approximate surface area is 188 Å². The quantitative estimate of drug-likeness (QED) is 0.552. The second kappa shape index (κ2) is 9.05. The highest BCUT2D eigenvalue weighted by atomic mass is 79.9. The summed E-state index contributed by atoms with van der Waals surface area (Å²) in [6.07, 6.45) is 0. The Morgan fingerprint density at radius 3 is 2.45 bits per heavy atom. The Bertz CT molecular complexity index is 1060. The molecule has 2 heterocycles. The highest BCUT2D eigenvalue weighted by Crippen LogP contribution is 2.24. The van der Waals surface area contributed by atoms with E-state index in [1.54, 1.807) is 17.0 Å². The van der Waals surface area contributed by atoms with Gasteiger partial charge in [0.15, 0.2) is 0 Å². The third-order valence-electron chi connectivity index (χ3n) is 5.17. The van der Waals surface area contributed by atoms with Crippen molar-refractivity contribution in [3.05, 3.63) is 58.6 Å². The van der Waals surface area contributed by atoms with E-state index in [2.05, 4.69) is 36.3 Å². The van der Waals surface area contributed by atoms with Crippen molar-refractivity contribution < 1.29 is 13.7 Å². The molecule has 3 aromatic rings. The number of hydrogen-bond donors (Lipinski definition) is 1. The van der Waals surface area contributed by atoms with E-state index < -0.39 is 5.82 Å². The van der Waals surface area contributed by atoms with E-state index >= 15 is 0 Å². The summed E-state index contributed by atoms with van der Waals surface area (Å²) in [4.78, 5) is 20.8. The number of nitrogens with zero attached hydrogens (tertiary/aromatic N) is 4. The number of aromatic nitrogens is 2. The van der Waals surface area contributed by atoms with Crippen LogP contribution in [-0.4, -0.2) is 47.3 Å². The Kier molecular flexibility index (Phi) is 6.22. The number of piperazine rings is 1. The van der Waals surface area contributed by atoms with E-state index in [1.807, 2.05) is 38.1 Å². The number of benzene rings is 2. The fraction of sp³-hybridized carbons (Fsp3) is 0.318. The van der Waals surface area contributed by atoms with Crippen molar-refractivity contribution in [2.24, 2.45) is 0 Å². The van der Waals surface area contributed by atoms with Crippen molar-refractivity contribution in [2.75, 3.05) is 36.4 Å². The zero-order valence-electron chi connectivity index (χ0n) is 17.3. The third-order valence-corrected chi connectivity index (χ3v) is 5.66. The van der Waals surface area contributed by atoms with Crippen LogP contribution < -0.4 is 10.2 Å². The van der Waals surface area contributed by atoms with E-state index in [1.165, 1.54) is 6.07 Å². The predicted molar refractivity (Wildman–Crippen MR) is 121 cm³/mol. The topological polar surface area (TPSA) is 74.5 Å². The van der Waals surface area contributed by atoms with Crippen molar-refractivity contribution >= 4 is 33.3 Å². The maximum Gasteiger partial charge on any atom is 0.322 e. The summed E-state index contributed by atoms with van der Waals surface area (Å²) in [6, 6.07) is 12.3. The number of amides is 2. The lowest BCUT2D eigenvalue weighted by molar-refractivity contribution is 0.208. The van der Waals surface area contributed by atoms with Crippen molar-refractivity contribution in [1.82, 2.24) is 15.0 Å². The number of rotatable bonds is 4. The number of carbonyl (C=O) groups is 1. The molecule has 0 bridgehead atoms. The van der Waals surface area contributed by atoms with Gasteiger partial charge in [0, 0.05) is 47.8 Å². The lowest BCUT2D eigenvalue weighted by Gasteiger charge is -2.36. The van der Waals surface area contributed by atoms with Crippen LogP contribution in [-0.2, 0) is 0 Å². The largest absolute Gasteiger partial charge is 0.368 e. The minimum Gasteiger partial charge on any atom is -0.368 e. The van der Waals surface area contributed by atoms with Crippen LogP contribution in [0.1, 0.15) is 25.7 Å². The molecule has 7 nitrogen and oxygen atoms in total. The SMILES string of the molecule is CC(C)c1nc(-c2ccc(N3CCN(C(=O)Nc4ccc(Br)cc4F)CC3)cc2)no1. The molecule has 1 fully saturated rings. The molecule has 2 amide bonds. The molecule has 2 aromatic carbocycles. The molecule has 1 N–H and O–H groups in total. The van der Waals surface area contributed by atoms with Crippen molar-refractivity contribution in [3.8, 4) is 11.4 Å². The number of carbonyl (C=O) groups excluding carboxylic acids is 1. The molecule has 0 radical (unpaired) electrons. The van der Waals surface area contributed by atoms with Crippen LogP contribution >= 0.6 is 15.9 Å². The van der Waals surface area contributed by atoms with Crippen molar-refractivity contribution in [2.45, 2.75) is 19.8 Å². The Morgan fingerprint density at radius 1 is 1.13 bits per heavy atom. The van der Waals surface area contributed by atoms with Gasteiger partial charge in [0.25, 0.3) is 0 Å². The highest BCUT2D eigenvalue weighted by molar-refractivity contribution is 9.10. The van der Waals surface area contributed by atoms with Gasteiger partial charge in [0.1, 0.15) is 5.82 Å². The van der Waals surface area contributed by atoms with Gasteiger partial charge >= 0.3 is 6.03 Å². The van der Waals surface area contributed by atoms with Crippen LogP contribution in [0.25, 0.3) is 11.4 Å². The lowest BCUT2D eigenvalue weighted by atomic mass is 10.1. The highest BCUT2D eigenvalue weighted by Gasteiger charge is 2.22. The summed E-state index contributed by atoms with van der Waals surface area (Å²) < 4.78 is 19.9. The molecule has 1 aliphatic heterocycles. The van der Waals surface area contributed by atoms with Gasteiger partial charge in [-0.2, -0.15) is 4.98 Å². The summed E-state index contributed by atoms with van der Waals surface area (Å²) in [7, 11) is 0. The number of nitrogens with one attached hydrogen (secondary N) is 1. The average molecular weight is 488 g/mol. The van der Waals surface area contributed by atoms with E-state index in [4.69, 9.17) is 4.52 Å². The van der Waals surface area contributed by atoms with Crippen molar-refractivity contribution in [1.29, 1.82) is 0 Å². The van der Waals surface area contributed by atoms with Crippen molar-refractivity contribution in [3.63, 3.8) is 0 Å². The Balaban J connectivity index is 1.34. The minimum absolute atomic E-state index is 0.174. The average Bonchev–Trinajstić information content (AvgIpc) is 3.27. The van der Waals surface area contributed by atoms with Crippen LogP contribution in [0.4, 0.5) is 20.6 Å². The molecule has 0 aliphatic carbocycles. The first kappa shape index (κ1) is 21.3. The third kappa shape index (κ3) is 4.87. The van der Waals surface area contributed by atoms with E-state index in [-0.39, 0.29) is 17.6 Å².